The van der Waals surface area contributed by atoms with E-state index in [2.05, 4.69) is 4.72 Å². The first-order valence-corrected chi connectivity index (χ1v) is 6.91. The molecular formula is C11H12ClN3O2S. The molecule has 0 amide bonds. The van der Waals surface area contributed by atoms with Gasteiger partial charge in [0.05, 0.1) is 16.7 Å². The molecule has 0 saturated carbocycles. The van der Waals surface area contributed by atoms with Crippen molar-refractivity contribution in [3.63, 3.8) is 0 Å². The first kappa shape index (κ1) is 14.7. The van der Waals surface area contributed by atoms with Crippen molar-refractivity contribution >= 4 is 21.6 Å². The molecule has 0 unspecified atom stereocenters. The lowest BCUT2D eigenvalue weighted by Gasteiger charge is -2.06. The Morgan fingerprint density at radius 1 is 1.44 bits per heavy atom. The minimum atomic E-state index is -3.68. The summed E-state index contributed by atoms with van der Waals surface area (Å²) in [7, 11) is -3.68. The second kappa shape index (κ2) is 6.52. The lowest BCUT2D eigenvalue weighted by Crippen LogP contribution is -2.24. The number of halogens is 1. The van der Waals surface area contributed by atoms with E-state index in [1.807, 2.05) is 6.07 Å². The Balaban J connectivity index is 2.92. The predicted molar refractivity (Wildman–Crippen MR) is 69.5 cm³/mol. The highest BCUT2D eigenvalue weighted by molar-refractivity contribution is 7.89. The molecule has 1 rings (SSSR count). The Morgan fingerprint density at radius 3 is 2.72 bits per heavy atom. The number of hydrogen-bond donors (Lipinski definition) is 2. The molecule has 0 aliphatic heterocycles. The standard InChI is InChI=1S/C11H12ClN3O2S/c12-10-7-9(8-14)3-4-11(10)18(16,17)15-6-2-1-5-13/h1-4,7,15H,5-6,13H2/b2-1+. The van der Waals surface area contributed by atoms with E-state index in [0.717, 1.165) is 0 Å². The van der Waals surface area contributed by atoms with Crippen LogP contribution in [0, 0.1) is 11.3 Å². The molecule has 0 aliphatic rings. The van der Waals surface area contributed by atoms with Crippen LogP contribution in [0.5, 0.6) is 0 Å². The van der Waals surface area contributed by atoms with Gasteiger partial charge in [-0.05, 0) is 18.2 Å². The van der Waals surface area contributed by atoms with Gasteiger partial charge in [0.25, 0.3) is 0 Å². The lowest BCUT2D eigenvalue weighted by atomic mass is 10.2. The van der Waals surface area contributed by atoms with Gasteiger partial charge in [-0.2, -0.15) is 5.26 Å². The average molecular weight is 286 g/mol. The highest BCUT2D eigenvalue weighted by atomic mass is 35.5. The van der Waals surface area contributed by atoms with Crippen molar-refractivity contribution in [1.82, 2.24) is 4.72 Å². The van der Waals surface area contributed by atoms with Crippen LogP contribution in [0.15, 0.2) is 35.2 Å². The van der Waals surface area contributed by atoms with Crippen LogP contribution in [0.4, 0.5) is 0 Å². The molecule has 3 N–H and O–H groups in total. The third-order valence-corrected chi connectivity index (χ3v) is 3.95. The Morgan fingerprint density at radius 2 is 2.17 bits per heavy atom. The number of nitriles is 1. The van der Waals surface area contributed by atoms with E-state index < -0.39 is 10.0 Å². The van der Waals surface area contributed by atoms with Gasteiger partial charge in [0, 0.05) is 13.1 Å². The summed E-state index contributed by atoms with van der Waals surface area (Å²) in [6.45, 7) is 0.481. The highest BCUT2D eigenvalue weighted by Crippen LogP contribution is 2.22. The van der Waals surface area contributed by atoms with Crippen LogP contribution in [0.25, 0.3) is 0 Å². The largest absolute Gasteiger partial charge is 0.327 e. The second-order valence-corrected chi connectivity index (χ2v) is 5.46. The maximum Gasteiger partial charge on any atom is 0.242 e. The smallest absolute Gasteiger partial charge is 0.242 e. The van der Waals surface area contributed by atoms with Crippen molar-refractivity contribution in [3.8, 4) is 6.07 Å². The lowest BCUT2D eigenvalue weighted by molar-refractivity contribution is 0.585. The van der Waals surface area contributed by atoms with Crippen molar-refractivity contribution in [2.75, 3.05) is 13.1 Å². The molecule has 0 bridgehead atoms. The van der Waals surface area contributed by atoms with Crippen molar-refractivity contribution < 1.29 is 8.42 Å². The molecule has 5 nitrogen and oxygen atoms in total. The van der Waals surface area contributed by atoms with Crippen LogP contribution in [0.1, 0.15) is 5.56 Å². The van der Waals surface area contributed by atoms with Crippen molar-refractivity contribution in [2.45, 2.75) is 4.90 Å². The fourth-order valence-electron chi connectivity index (χ4n) is 1.20. The third kappa shape index (κ3) is 3.82. The third-order valence-electron chi connectivity index (χ3n) is 2.04. The summed E-state index contributed by atoms with van der Waals surface area (Å²) < 4.78 is 26.1. The van der Waals surface area contributed by atoms with Gasteiger partial charge in [-0.3, -0.25) is 0 Å². The monoisotopic (exact) mass is 285 g/mol. The van der Waals surface area contributed by atoms with Crippen LogP contribution >= 0.6 is 11.6 Å². The number of nitrogens with two attached hydrogens (primary N) is 1. The van der Waals surface area contributed by atoms with Crippen molar-refractivity contribution in [2.24, 2.45) is 5.73 Å². The quantitative estimate of drug-likeness (QED) is 0.789. The maximum atomic E-state index is 11.9. The molecule has 0 heterocycles. The number of hydrogen-bond acceptors (Lipinski definition) is 4. The van der Waals surface area contributed by atoms with Crippen LogP contribution in [0.2, 0.25) is 5.02 Å². The Bertz CT molecular complexity index is 591. The summed E-state index contributed by atoms with van der Waals surface area (Å²) in [5, 5.41) is 8.68. The Labute approximate surface area is 111 Å². The van der Waals surface area contributed by atoms with E-state index in [1.54, 1.807) is 12.2 Å². The first-order valence-electron chi connectivity index (χ1n) is 5.05. The molecule has 1 aromatic carbocycles. The SMILES string of the molecule is N#Cc1ccc(S(=O)(=O)NC/C=C/CN)c(Cl)c1. The van der Waals surface area contributed by atoms with E-state index in [4.69, 9.17) is 22.6 Å². The summed E-state index contributed by atoms with van der Waals surface area (Å²) in [6.07, 6.45) is 3.25. The molecule has 18 heavy (non-hydrogen) atoms. The van der Waals surface area contributed by atoms with Crippen LogP contribution in [0.3, 0.4) is 0 Å². The maximum absolute atomic E-state index is 11.9. The summed E-state index contributed by atoms with van der Waals surface area (Å²) in [5.41, 5.74) is 5.54. The normalized spacial score (nSPS) is 11.6. The van der Waals surface area contributed by atoms with E-state index in [-0.39, 0.29) is 16.5 Å². The number of rotatable bonds is 5. The molecular weight excluding hydrogens is 274 g/mol. The van der Waals surface area contributed by atoms with Gasteiger partial charge in [-0.25, -0.2) is 13.1 Å². The van der Waals surface area contributed by atoms with Gasteiger partial charge < -0.3 is 5.73 Å². The first-order chi connectivity index (χ1) is 8.51. The molecule has 0 radical (unpaired) electrons. The van der Waals surface area contributed by atoms with E-state index >= 15 is 0 Å². The molecule has 0 aliphatic carbocycles. The highest BCUT2D eigenvalue weighted by Gasteiger charge is 2.16. The molecule has 0 spiro atoms. The zero-order valence-corrected chi connectivity index (χ0v) is 11.0. The zero-order chi connectivity index (χ0) is 13.6. The fourth-order valence-corrected chi connectivity index (χ4v) is 2.72. The Hall–Kier alpha value is -1.39. The summed E-state index contributed by atoms with van der Waals surface area (Å²) in [6, 6.07) is 5.89. The van der Waals surface area contributed by atoms with Gasteiger partial charge >= 0.3 is 0 Å². The number of nitrogens with zero attached hydrogens (tertiary/aromatic N) is 1. The molecule has 0 atom stereocenters. The average Bonchev–Trinajstić information content (AvgIpc) is 2.34. The van der Waals surface area contributed by atoms with Gasteiger partial charge in [0.15, 0.2) is 0 Å². The molecule has 0 saturated heterocycles. The second-order valence-electron chi connectivity index (χ2n) is 3.32. The summed E-state index contributed by atoms with van der Waals surface area (Å²) in [5.74, 6) is 0. The van der Waals surface area contributed by atoms with Gasteiger partial charge in [0.1, 0.15) is 4.90 Å². The fraction of sp³-hybridized carbons (Fsp3) is 0.182. The minimum Gasteiger partial charge on any atom is -0.327 e. The molecule has 1 aromatic rings. The topological polar surface area (TPSA) is 96.0 Å². The van der Waals surface area contributed by atoms with Crippen LogP contribution in [-0.2, 0) is 10.0 Å². The van der Waals surface area contributed by atoms with Crippen LogP contribution < -0.4 is 10.5 Å². The number of nitrogens with one attached hydrogen (secondary N) is 1. The van der Waals surface area contributed by atoms with E-state index in [9.17, 15) is 8.42 Å². The number of benzene rings is 1. The van der Waals surface area contributed by atoms with Crippen LogP contribution in [-0.4, -0.2) is 21.5 Å². The van der Waals surface area contributed by atoms with E-state index in [0.29, 0.717) is 12.1 Å². The van der Waals surface area contributed by atoms with Crippen molar-refractivity contribution in [1.29, 1.82) is 5.26 Å². The van der Waals surface area contributed by atoms with Gasteiger partial charge in [-0.15, -0.1) is 0 Å². The minimum absolute atomic E-state index is 0.0179. The van der Waals surface area contributed by atoms with E-state index in [1.165, 1.54) is 18.2 Å². The van der Waals surface area contributed by atoms with Gasteiger partial charge in [0.2, 0.25) is 10.0 Å². The molecule has 7 heteroatoms. The molecule has 96 valence electrons. The molecule has 0 aromatic heterocycles. The predicted octanol–water partition coefficient (Wildman–Crippen LogP) is 1.00. The number of sulfonamides is 1. The summed E-state index contributed by atoms with van der Waals surface area (Å²) >= 11 is 5.82. The molecule has 0 fully saturated rings. The van der Waals surface area contributed by atoms with Gasteiger partial charge in [-0.1, -0.05) is 23.8 Å². The summed E-state index contributed by atoms with van der Waals surface area (Å²) in [4.78, 5) is -0.0516. The zero-order valence-electron chi connectivity index (χ0n) is 9.43. The Kier molecular flexibility index (Phi) is 5.31. The van der Waals surface area contributed by atoms with Crippen molar-refractivity contribution in [3.05, 3.63) is 40.9 Å².